The molecule has 1 atom stereocenters. The summed E-state index contributed by atoms with van der Waals surface area (Å²) < 4.78 is 0. The van der Waals surface area contributed by atoms with Crippen molar-refractivity contribution in [2.75, 3.05) is 0 Å². The van der Waals surface area contributed by atoms with Crippen LogP contribution in [-0.2, 0) is 10.2 Å². The lowest BCUT2D eigenvalue weighted by molar-refractivity contribution is -0.140. The van der Waals surface area contributed by atoms with Crippen molar-refractivity contribution in [3.05, 3.63) is 23.0 Å². The number of aryl methyl sites for hydroxylation is 2. The van der Waals surface area contributed by atoms with Crippen LogP contribution in [0.25, 0.3) is 0 Å². The smallest absolute Gasteiger partial charge is 0.321 e. The van der Waals surface area contributed by atoms with Gasteiger partial charge in [-0.15, -0.1) is 0 Å². The van der Waals surface area contributed by atoms with E-state index in [0.717, 1.165) is 16.8 Å². The highest BCUT2D eigenvalue weighted by atomic mass is 16.4. The summed E-state index contributed by atoms with van der Waals surface area (Å²) in [4.78, 5) is 14.0. The minimum absolute atomic E-state index is 0.569. The molecule has 0 aliphatic carbocycles. The molecule has 4 heteroatoms. The predicted octanol–water partition coefficient (Wildman–Crippen LogP) is 1.32. The molecule has 0 aliphatic heterocycles. The number of aromatic nitrogens is 1. The number of H-pyrrole nitrogens is 1. The van der Waals surface area contributed by atoms with Crippen molar-refractivity contribution in [1.82, 2.24) is 4.98 Å². The second-order valence-electron chi connectivity index (χ2n) is 4.51. The molecule has 0 radical (unpaired) electrons. The number of hydrogen-bond acceptors (Lipinski definition) is 2. The van der Waals surface area contributed by atoms with E-state index in [2.05, 4.69) is 4.98 Å². The lowest BCUT2D eigenvalue weighted by atomic mass is 9.76. The van der Waals surface area contributed by atoms with Crippen LogP contribution in [-0.4, -0.2) is 22.1 Å². The highest BCUT2D eigenvalue weighted by Gasteiger charge is 2.36. The number of aliphatic carboxylic acids is 1. The van der Waals surface area contributed by atoms with Gasteiger partial charge in [0.2, 0.25) is 0 Å². The third-order valence-corrected chi connectivity index (χ3v) is 2.96. The van der Waals surface area contributed by atoms with Gasteiger partial charge in [0.05, 0.1) is 0 Å². The van der Waals surface area contributed by atoms with Gasteiger partial charge in [0.15, 0.2) is 0 Å². The average molecular weight is 210 g/mol. The van der Waals surface area contributed by atoms with Gasteiger partial charge in [-0.05, 0) is 25.0 Å². The van der Waals surface area contributed by atoms with Crippen LogP contribution < -0.4 is 5.73 Å². The summed E-state index contributed by atoms with van der Waals surface area (Å²) >= 11 is 0. The molecule has 0 aliphatic rings. The summed E-state index contributed by atoms with van der Waals surface area (Å²) in [6.45, 7) is 7.59. The summed E-state index contributed by atoms with van der Waals surface area (Å²) in [5, 5.41) is 8.96. The molecule has 0 amide bonds. The van der Waals surface area contributed by atoms with Gasteiger partial charge >= 0.3 is 5.97 Å². The van der Waals surface area contributed by atoms with Crippen LogP contribution in [0.3, 0.4) is 0 Å². The fourth-order valence-corrected chi connectivity index (χ4v) is 2.11. The van der Waals surface area contributed by atoms with Gasteiger partial charge in [-0.1, -0.05) is 13.8 Å². The molecule has 0 saturated carbocycles. The van der Waals surface area contributed by atoms with Gasteiger partial charge in [0.25, 0.3) is 0 Å². The van der Waals surface area contributed by atoms with Gasteiger partial charge in [0.1, 0.15) is 6.04 Å². The number of nitrogens with one attached hydrogen (secondary N) is 1. The van der Waals surface area contributed by atoms with Crippen molar-refractivity contribution in [2.24, 2.45) is 5.73 Å². The Balaban J connectivity index is 3.21. The highest BCUT2D eigenvalue weighted by molar-refractivity contribution is 5.76. The molecule has 0 saturated heterocycles. The average Bonchev–Trinajstić information content (AvgIpc) is 2.44. The second kappa shape index (κ2) is 3.70. The lowest BCUT2D eigenvalue weighted by Gasteiger charge is -2.30. The van der Waals surface area contributed by atoms with Crippen molar-refractivity contribution in [3.8, 4) is 0 Å². The second-order valence-corrected chi connectivity index (χ2v) is 4.51. The molecule has 1 rings (SSSR count). The number of hydrogen-bond donors (Lipinski definition) is 3. The zero-order valence-electron chi connectivity index (χ0n) is 9.59. The van der Waals surface area contributed by atoms with Crippen LogP contribution in [0.1, 0.15) is 30.7 Å². The quantitative estimate of drug-likeness (QED) is 0.704. The van der Waals surface area contributed by atoms with Crippen LogP contribution in [0.4, 0.5) is 0 Å². The molecule has 0 aromatic carbocycles. The first kappa shape index (κ1) is 11.8. The van der Waals surface area contributed by atoms with Crippen molar-refractivity contribution >= 4 is 5.97 Å². The SMILES string of the molecule is Cc1c[nH]c(C)c1C(C)(C)C(N)C(=O)O. The molecule has 0 spiro atoms. The maximum atomic E-state index is 10.9. The van der Waals surface area contributed by atoms with E-state index in [0.29, 0.717) is 0 Å². The Morgan fingerprint density at radius 3 is 2.40 bits per heavy atom. The lowest BCUT2D eigenvalue weighted by Crippen LogP contribution is -2.47. The molecule has 4 N–H and O–H groups in total. The standard InChI is InChI=1S/C11H18N2O2/c1-6-5-13-7(2)8(6)11(3,4)9(12)10(14)15/h5,9,13H,12H2,1-4H3,(H,14,15). The van der Waals surface area contributed by atoms with Gasteiger partial charge < -0.3 is 15.8 Å². The molecule has 0 bridgehead atoms. The topological polar surface area (TPSA) is 79.1 Å². The largest absolute Gasteiger partial charge is 0.480 e. The van der Waals surface area contributed by atoms with E-state index in [1.807, 2.05) is 33.9 Å². The van der Waals surface area contributed by atoms with E-state index in [4.69, 9.17) is 10.8 Å². The zero-order valence-corrected chi connectivity index (χ0v) is 9.59. The molecule has 4 nitrogen and oxygen atoms in total. The van der Waals surface area contributed by atoms with Crippen LogP contribution in [0, 0.1) is 13.8 Å². The molecule has 1 heterocycles. The summed E-state index contributed by atoms with van der Waals surface area (Å²) in [6.07, 6.45) is 1.88. The van der Waals surface area contributed by atoms with Gasteiger partial charge in [-0.25, -0.2) is 0 Å². The van der Waals surface area contributed by atoms with E-state index in [1.165, 1.54) is 0 Å². The van der Waals surface area contributed by atoms with Crippen LogP contribution in [0.15, 0.2) is 6.20 Å². The summed E-state index contributed by atoms with van der Waals surface area (Å²) in [7, 11) is 0. The Morgan fingerprint density at radius 1 is 1.53 bits per heavy atom. The van der Waals surface area contributed by atoms with Crippen molar-refractivity contribution in [1.29, 1.82) is 0 Å². The Bertz CT molecular complexity index is 360. The van der Waals surface area contributed by atoms with E-state index in [-0.39, 0.29) is 0 Å². The van der Waals surface area contributed by atoms with E-state index in [9.17, 15) is 4.79 Å². The fourth-order valence-electron chi connectivity index (χ4n) is 2.11. The normalized spacial score (nSPS) is 13.9. The molecule has 0 fully saturated rings. The Labute approximate surface area is 89.5 Å². The highest BCUT2D eigenvalue weighted by Crippen LogP contribution is 2.31. The van der Waals surface area contributed by atoms with Gasteiger partial charge in [-0.3, -0.25) is 4.79 Å². The molecular formula is C11H18N2O2. The Morgan fingerprint density at radius 2 is 2.07 bits per heavy atom. The van der Waals surface area contributed by atoms with E-state index >= 15 is 0 Å². The maximum Gasteiger partial charge on any atom is 0.321 e. The maximum absolute atomic E-state index is 10.9. The minimum Gasteiger partial charge on any atom is -0.480 e. The number of carbonyl (C=O) groups is 1. The summed E-state index contributed by atoms with van der Waals surface area (Å²) in [5.41, 5.74) is 8.17. The molecule has 1 aromatic heterocycles. The Kier molecular flexibility index (Phi) is 2.90. The third kappa shape index (κ3) is 1.90. The third-order valence-electron chi connectivity index (χ3n) is 2.96. The number of rotatable bonds is 3. The van der Waals surface area contributed by atoms with E-state index in [1.54, 1.807) is 0 Å². The summed E-state index contributed by atoms with van der Waals surface area (Å²) in [6, 6.07) is -0.898. The predicted molar refractivity (Wildman–Crippen MR) is 58.9 cm³/mol. The molecule has 15 heavy (non-hydrogen) atoms. The van der Waals surface area contributed by atoms with Crippen LogP contribution >= 0.6 is 0 Å². The zero-order chi connectivity index (χ0) is 11.8. The number of nitrogens with two attached hydrogens (primary N) is 1. The first-order chi connectivity index (χ1) is 6.78. The number of aromatic amines is 1. The fraction of sp³-hybridized carbons (Fsp3) is 0.545. The molecule has 84 valence electrons. The first-order valence-corrected chi connectivity index (χ1v) is 4.92. The molecule has 1 aromatic rings. The Hall–Kier alpha value is -1.29. The summed E-state index contributed by atoms with van der Waals surface area (Å²) in [5.74, 6) is -0.972. The van der Waals surface area contributed by atoms with Crippen molar-refractivity contribution in [3.63, 3.8) is 0 Å². The molecule has 1 unspecified atom stereocenters. The van der Waals surface area contributed by atoms with E-state index < -0.39 is 17.4 Å². The number of carboxylic acid groups (broad SMARTS) is 1. The van der Waals surface area contributed by atoms with Crippen molar-refractivity contribution < 1.29 is 9.90 Å². The van der Waals surface area contributed by atoms with Crippen LogP contribution in [0.2, 0.25) is 0 Å². The van der Waals surface area contributed by atoms with Crippen molar-refractivity contribution in [2.45, 2.75) is 39.2 Å². The van der Waals surface area contributed by atoms with Gasteiger partial charge in [-0.2, -0.15) is 0 Å². The monoisotopic (exact) mass is 210 g/mol. The van der Waals surface area contributed by atoms with Gasteiger partial charge in [0, 0.05) is 17.3 Å². The minimum atomic E-state index is -0.972. The van der Waals surface area contributed by atoms with Crippen LogP contribution in [0.5, 0.6) is 0 Å². The number of carboxylic acids is 1. The first-order valence-electron chi connectivity index (χ1n) is 4.92. The molecular weight excluding hydrogens is 192 g/mol.